The zero-order valence-corrected chi connectivity index (χ0v) is 29.3. The van der Waals surface area contributed by atoms with Gasteiger partial charge in [-0.25, -0.2) is 4.99 Å². The van der Waals surface area contributed by atoms with Crippen LogP contribution in [0.4, 0.5) is 5.69 Å². The van der Waals surface area contributed by atoms with Crippen LogP contribution in [0.3, 0.4) is 0 Å². The number of amidine groups is 1. The van der Waals surface area contributed by atoms with E-state index in [0.29, 0.717) is 17.0 Å². The zero-order chi connectivity index (χ0) is 33.0. The van der Waals surface area contributed by atoms with Gasteiger partial charge in [-0.2, -0.15) is 0 Å². The van der Waals surface area contributed by atoms with Crippen molar-refractivity contribution in [2.45, 2.75) is 39.4 Å². The first-order chi connectivity index (χ1) is 23.4. The van der Waals surface area contributed by atoms with Crippen molar-refractivity contribution in [1.29, 1.82) is 0 Å². The van der Waals surface area contributed by atoms with E-state index in [9.17, 15) is 0 Å². The fourth-order valence-electron chi connectivity index (χ4n) is 7.56. The number of nitrogens with zero attached hydrogens (tertiary/aromatic N) is 6. The van der Waals surface area contributed by atoms with Crippen molar-refractivity contribution in [3.8, 4) is 0 Å². The Kier molecular flexibility index (Phi) is 10.1. The molecule has 7 nitrogen and oxygen atoms in total. The Hall–Kier alpha value is -3.75. The topological polar surface area (TPSA) is 50.2 Å². The molecule has 8 heteroatoms. The van der Waals surface area contributed by atoms with Crippen LogP contribution >= 0.6 is 11.6 Å². The second-order valence-corrected chi connectivity index (χ2v) is 14.0. The molecule has 1 N–H and O–H groups in total. The minimum absolute atomic E-state index is 0.000964. The number of likely N-dealkylation sites (N-methyl/N-ethyl adjacent to an activating group) is 1. The number of aliphatic imine (C=N–C) groups is 1. The van der Waals surface area contributed by atoms with E-state index in [0.717, 1.165) is 82.0 Å². The van der Waals surface area contributed by atoms with Crippen molar-refractivity contribution in [3.05, 3.63) is 119 Å². The number of nitrogens with one attached hydrogen (secondary N) is 1. The number of hydrogen-bond acceptors (Lipinski definition) is 7. The van der Waals surface area contributed by atoms with E-state index in [1.165, 1.54) is 28.1 Å². The minimum atomic E-state index is -0.000964. The van der Waals surface area contributed by atoms with Gasteiger partial charge in [0.05, 0.1) is 11.6 Å². The monoisotopic (exact) mass is 661 g/mol. The molecule has 0 bridgehead atoms. The Morgan fingerprint density at radius 2 is 1.52 bits per heavy atom. The first-order valence-electron chi connectivity index (χ1n) is 17.6. The number of anilines is 1. The number of aromatic nitrogens is 1. The molecule has 3 aliphatic heterocycles. The average molecular weight is 662 g/mol. The van der Waals surface area contributed by atoms with E-state index >= 15 is 0 Å². The molecule has 0 aliphatic carbocycles. The lowest BCUT2D eigenvalue weighted by molar-refractivity contribution is 0.0939. The lowest BCUT2D eigenvalue weighted by atomic mass is 9.94. The molecule has 3 atom stereocenters. The van der Waals surface area contributed by atoms with Gasteiger partial charge in [-0.15, -0.1) is 0 Å². The molecule has 3 aromatic carbocycles. The van der Waals surface area contributed by atoms with E-state index in [2.05, 4.69) is 118 Å². The fourth-order valence-corrected chi connectivity index (χ4v) is 7.73. The van der Waals surface area contributed by atoms with Crippen molar-refractivity contribution >= 4 is 34.0 Å². The number of hydrogen-bond donors (Lipinski definition) is 1. The van der Waals surface area contributed by atoms with Gasteiger partial charge in [-0.3, -0.25) is 14.8 Å². The molecule has 48 heavy (non-hydrogen) atoms. The number of fused-ring (bicyclic) bond motifs is 1. The highest BCUT2D eigenvalue weighted by Gasteiger charge is 2.33. The Morgan fingerprint density at radius 3 is 2.23 bits per heavy atom. The van der Waals surface area contributed by atoms with Gasteiger partial charge in [-0.1, -0.05) is 79.5 Å². The van der Waals surface area contributed by atoms with Crippen LogP contribution in [-0.2, 0) is 6.54 Å². The Labute approximate surface area is 290 Å². The van der Waals surface area contributed by atoms with Crippen LogP contribution in [0.2, 0.25) is 5.02 Å². The molecule has 4 aromatic rings. The van der Waals surface area contributed by atoms with Crippen LogP contribution in [0.5, 0.6) is 0 Å². The van der Waals surface area contributed by atoms with Crippen molar-refractivity contribution < 1.29 is 0 Å². The molecule has 3 aliphatic rings. The highest BCUT2D eigenvalue weighted by atomic mass is 35.5. The molecule has 2 saturated heterocycles. The van der Waals surface area contributed by atoms with Crippen molar-refractivity contribution in [1.82, 2.24) is 24.6 Å². The minimum Gasteiger partial charge on any atom is -0.374 e. The molecule has 0 amide bonds. The molecule has 0 radical (unpaired) electrons. The summed E-state index contributed by atoms with van der Waals surface area (Å²) in [5, 5.41) is 5.60. The van der Waals surface area contributed by atoms with Crippen LogP contribution < -0.4 is 5.32 Å². The average Bonchev–Trinajstić information content (AvgIpc) is 3.12. The molecule has 0 saturated carbocycles. The van der Waals surface area contributed by atoms with Crippen LogP contribution in [-0.4, -0.2) is 95.4 Å². The molecular weight excluding hydrogens is 614 g/mol. The van der Waals surface area contributed by atoms with Crippen molar-refractivity contribution in [3.63, 3.8) is 0 Å². The molecule has 4 heterocycles. The van der Waals surface area contributed by atoms with Gasteiger partial charge in [0.15, 0.2) is 0 Å². The highest BCUT2D eigenvalue weighted by molar-refractivity contribution is 6.31. The lowest BCUT2D eigenvalue weighted by Crippen LogP contribution is -2.56. The van der Waals surface area contributed by atoms with Gasteiger partial charge < -0.3 is 15.1 Å². The van der Waals surface area contributed by atoms with Gasteiger partial charge in [0.1, 0.15) is 5.84 Å². The summed E-state index contributed by atoms with van der Waals surface area (Å²) in [7, 11) is 0. The van der Waals surface area contributed by atoms with Gasteiger partial charge in [0, 0.05) is 99.4 Å². The molecule has 0 spiro atoms. The summed E-state index contributed by atoms with van der Waals surface area (Å²) in [6.07, 6.45) is 6.24. The number of halogens is 1. The molecule has 1 aromatic heterocycles. The SMILES string of the molecule is CCN1CCN(C2=NC=CC(N3CCN(Cc4ccc(C(Nc5ccnc6cc(Cl)ccc56)c5ccc(C)cc5)cc4)CC3)C2C)CC1. The first-order valence-corrected chi connectivity index (χ1v) is 18.0. The van der Waals surface area contributed by atoms with Crippen LogP contribution in [0.15, 0.2) is 96.3 Å². The van der Waals surface area contributed by atoms with Crippen LogP contribution in [0.1, 0.15) is 42.1 Å². The summed E-state index contributed by atoms with van der Waals surface area (Å²) < 4.78 is 0. The second-order valence-electron chi connectivity index (χ2n) is 13.6. The Balaban J connectivity index is 0.992. The zero-order valence-electron chi connectivity index (χ0n) is 28.5. The summed E-state index contributed by atoms with van der Waals surface area (Å²) in [6, 6.07) is 26.4. The summed E-state index contributed by atoms with van der Waals surface area (Å²) in [6.45, 7) is 17.6. The molecular formula is C40H48ClN7. The first kappa shape index (κ1) is 32.8. The highest BCUT2D eigenvalue weighted by Crippen LogP contribution is 2.32. The van der Waals surface area contributed by atoms with E-state index in [-0.39, 0.29) is 6.04 Å². The van der Waals surface area contributed by atoms with Crippen LogP contribution in [0, 0.1) is 12.8 Å². The summed E-state index contributed by atoms with van der Waals surface area (Å²) in [4.78, 5) is 19.8. The fraction of sp³-hybridized carbons (Fsp3) is 0.400. The smallest absolute Gasteiger partial charge is 0.109 e. The largest absolute Gasteiger partial charge is 0.374 e. The van der Waals surface area contributed by atoms with E-state index in [1.807, 2.05) is 24.4 Å². The molecule has 2 fully saturated rings. The maximum atomic E-state index is 6.28. The van der Waals surface area contributed by atoms with E-state index in [4.69, 9.17) is 16.6 Å². The quantitative estimate of drug-likeness (QED) is 0.218. The van der Waals surface area contributed by atoms with Crippen molar-refractivity contribution in [2.24, 2.45) is 10.9 Å². The van der Waals surface area contributed by atoms with Gasteiger partial charge in [0.25, 0.3) is 0 Å². The third-order valence-electron chi connectivity index (χ3n) is 10.5. The predicted molar refractivity (Wildman–Crippen MR) is 200 cm³/mol. The standard InChI is InChI=1S/C40H48ClN7/c1-4-45-19-25-48(26-20-45)40-30(3)38(16-18-43-40)47-23-21-46(22-24-47)28-31-7-11-33(12-8-31)39(32-9-5-29(2)6-10-32)44-36-15-17-42-37-27-34(41)13-14-35(36)37/h5-18,27,30,38-39H,4,19-26,28H2,1-3H3,(H,42,44). The molecule has 3 unspecified atom stereocenters. The number of benzene rings is 3. The third kappa shape index (κ3) is 7.30. The lowest BCUT2D eigenvalue weighted by Gasteiger charge is -2.44. The van der Waals surface area contributed by atoms with Gasteiger partial charge in [0.2, 0.25) is 0 Å². The Morgan fingerprint density at radius 1 is 0.833 bits per heavy atom. The predicted octanol–water partition coefficient (Wildman–Crippen LogP) is 7.08. The number of piperazine rings is 2. The summed E-state index contributed by atoms with van der Waals surface area (Å²) in [5.74, 6) is 1.70. The number of aryl methyl sites for hydroxylation is 1. The maximum absolute atomic E-state index is 6.28. The van der Waals surface area contributed by atoms with Crippen molar-refractivity contribution in [2.75, 3.05) is 64.2 Å². The van der Waals surface area contributed by atoms with Gasteiger partial charge in [-0.05, 0) is 60.5 Å². The second kappa shape index (κ2) is 14.8. The molecule has 250 valence electrons. The maximum Gasteiger partial charge on any atom is 0.109 e. The van der Waals surface area contributed by atoms with E-state index in [1.54, 1.807) is 0 Å². The Bertz CT molecular complexity index is 1740. The molecule has 7 rings (SSSR count). The van der Waals surface area contributed by atoms with Gasteiger partial charge >= 0.3 is 0 Å². The summed E-state index contributed by atoms with van der Waals surface area (Å²) >= 11 is 6.28. The number of pyridine rings is 1. The van der Waals surface area contributed by atoms with E-state index < -0.39 is 0 Å². The third-order valence-corrected chi connectivity index (χ3v) is 10.8. The van der Waals surface area contributed by atoms with Crippen LogP contribution in [0.25, 0.3) is 10.9 Å². The summed E-state index contributed by atoms with van der Waals surface area (Å²) in [5.41, 5.74) is 7.00. The normalized spacial score (nSPS) is 21.8. The number of rotatable bonds is 8.